The molecular weight excluding hydrogens is 190 g/mol. The van der Waals surface area contributed by atoms with Crippen LogP contribution in [-0.4, -0.2) is 15.0 Å². The van der Waals surface area contributed by atoms with Crippen LogP contribution in [0.2, 0.25) is 0 Å². The number of para-hydroxylation sites is 1. The van der Waals surface area contributed by atoms with Crippen LogP contribution in [0.15, 0.2) is 43.2 Å². The van der Waals surface area contributed by atoms with E-state index < -0.39 is 0 Å². The van der Waals surface area contributed by atoms with Crippen molar-refractivity contribution in [2.75, 3.05) is 0 Å². The highest BCUT2D eigenvalue weighted by Gasteiger charge is 2.00. The summed E-state index contributed by atoms with van der Waals surface area (Å²) in [5.41, 5.74) is 0. The molecule has 4 heteroatoms. The summed E-state index contributed by atoms with van der Waals surface area (Å²) in [6.45, 7) is 3.57. The van der Waals surface area contributed by atoms with E-state index in [2.05, 4.69) is 21.5 Å². The number of nitrogens with zero attached hydrogens (tertiary/aromatic N) is 3. The summed E-state index contributed by atoms with van der Waals surface area (Å²) >= 11 is 0. The zero-order valence-electron chi connectivity index (χ0n) is 8.00. The Bertz CT molecular complexity index is 456. The van der Waals surface area contributed by atoms with Crippen molar-refractivity contribution in [3.8, 4) is 11.8 Å². The van der Waals surface area contributed by atoms with E-state index in [1.54, 1.807) is 6.08 Å². The second kappa shape index (κ2) is 4.32. The van der Waals surface area contributed by atoms with Crippen LogP contribution in [-0.2, 0) is 0 Å². The summed E-state index contributed by atoms with van der Waals surface area (Å²) in [6, 6.07) is 9.60. The lowest BCUT2D eigenvalue weighted by Crippen LogP contribution is -1.95. The Morgan fingerprint density at radius 1 is 1.13 bits per heavy atom. The van der Waals surface area contributed by atoms with E-state index in [1.165, 1.54) is 6.33 Å². The second-order valence-electron chi connectivity index (χ2n) is 2.75. The maximum absolute atomic E-state index is 5.41. The van der Waals surface area contributed by atoms with Gasteiger partial charge in [0.05, 0.1) is 0 Å². The lowest BCUT2D eigenvalue weighted by atomic mass is 10.3. The molecule has 2 aromatic rings. The third-order valence-corrected chi connectivity index (χ3v) is 1.70. The van der Waals surface area contributed by atoms with Crippen molar-refractivity contribution in [3.05, 3.63) is 49.1 Å². The maximum Gasteiger partial charge on any atom is 0.325 e. The van der Waals surface area contributed by atoms with Gasteiger partial charge in [-0.25, -0.2) is 4.98 Å². The Morgan fingerprint density at radius 2 is 1.93 bits per heavy atom. The van der Waals surface area contributed by atoms with Gasteiger partial charge in [-0.2, -0.15) is 9.97 Å². The van der Waals surface area contributed by atoms with Gasteiger partial charge in [0.1, 0.15) is 12.1 Å². The van der Waals surface area contributed by atoms with Crippen molar-refractivity contribution in [3.63, 3.8) is 0 Å². The molecule has 0 aliphatic rings. The normalized spacial score (nSPS) is 9.60. The molecule has 0 aliphatic carbocycles. The van der Waals surface area contributed by atoms with Crippen molar-refractivity contribution in [2.45, 2.75) is 0 Å². The molecule has 0 amide bonds. The molecular formula is C11H9N3O. The summed E-state index contributed by atoms with van der Waals surface area (Å²) in [6.07, 6.45) is 2.93. The van der Waals surface area contributed by atoms with Crippen molar-refractivity contribution in [1.29, 1.82) is 0 Å². The van der Waals surface area contributed by atoms with E-state index in [9.17, 15) is 0 Å². The average Bonchev–Trinajstić information content (AvgIpc) is 2.31. The van der Waals surface area contributed by atoms with Gasteiger partial charge in [-0.05, 0) is 18.2 Å². The van der Waals surface area contributed by atoms with Gasteiger partial charge >= 0.3 is 6.01 Å². The molecule has 0 atom stereocenters. The molecule has 0 bridgehead atoms. The Balaban J connectivity index is 2.21. The molecule has 0 unspecified atom stereocenters. The van der Waals surface area contributed by atoms with Gasteiger partial charge in [0.25, 0.3) is 0 Å². The van der Waals surface area contributed by atoms with E-state index >= 15 is 0 Å². The molecule has 74 valence electrons. The Kier molecular flexibility index (Phi) is 2.69. The van der Waals surface area contributed by atoms with Crippen LogP contribution in [0.25, 0.3) is 6.08 Å². The zero-order chi connectivity index (χ0) is 10.5. The summed E-state index contributed by atoms with van der Waals surface area (Å²) in [4.78, 5) is 11.8. The summed E-state index contributed by atoms with van der Waals surface area (Å²) < 4.78 is 5.41. The quantitative estimate of drug-likeness (QED) is 0.761. The predicted octanol–water partition coefficient (Wildman–Crippen LogP) is 2.31. The Labute approximate surface area is 87.3 Å². The highest BCUT2D eigenvalue weighted by molar-refractivity contribution is 5.35. The molecule has 0 N–H and O–H groups in total. The molecule has 0 spiro atoms. The second-order valence-corrected chi connectivity index (χ2v) is 2.75. The summed E-state index contributed by atoms with van der Waals surface area (Å²) in [5.74, 6) is 1.19. The van der Waals surface area contributed by atoms with Crippen molar-refractivity contribution in [2.24, 2.45) is 0 Å². The van der Waals surface area contributed by atoms with Gasteiger partial charge in [-0.1, -0.05) is 24.8 Å². The van der Waals surface area contributed by atoms with Crippen LogP contribution in [0.3, 0.4) is 0 Å². The molecule has 15 heavy (non-hydrogen) atoms. The molecule has 1 aromatic carbocycles. The topological polar surface area (TPSA) is 47.9 Å². The van der Waals surface area contributed by atoms with E-state index in [0.29, 0.717) is 11.6 Å². The summed E-state index contributed by atoms with van der Waals surface area (Å²) in [5, 5.41) is 0. The largest absolute Gasteiger partial charge is 0.424 e. The third-order valence-electron chi connectivity index (χ3n) is 1.70. The first kappa shape index (κ1) is 9.33. The van der Waals surface area contributed by atoms with Gasteiger partial charge in [0.15, 0.2) is 5.82 Å². The predicted molar refractivity (Wildman–Crippen MR) is 56.4 cm³/mol. The van der Waals surface area contributed by atoms with Gasteiger partial charge in [0.2, 0.25) is 0 Å². The monoisotopic (exact) mass is 199 g/mol. The minimum Gasteiger partial charge on any atom is -0.424 e. The zero-order valence-corrected chi connectivity index (χ0v) is 8.00. The van der Waals surface area contributed by atoms with Crippen molar-refractivity contribution >= 4 is 6.08 Å². The van der Waals surface area contributed by atoms with Crippen LogP contribution in [0.5, 0.6) is 11.8 Å². The first-order valence-electron chi connectivity index (χ1n) is 4.43. The molecule has 0 saturated heterocycles. The van der Waals surface area contributed by atoms with Crippen LogP contribution < -0.4 is 4.74 Å². The fourth-order valence-corrected chi connectivity index (χ4v) is 1.03. The smallest absolute Gasteiger partial charge is 0.325 e. The number of hydrogen-bond donors (Lipinski definition) is 0. The number of hydrogen-bond acceptors (Lipinski definition) is 4. The fraction of sp³-hybridized carbons (Fsp3) is 0. The highest BCUT2D eigenvalue weighted by Crippen LogP contribution is 2.15. The minimum atomic E-state index is 0.270. The minimum absolute atomic E-state index is 0.270. The van der Waals surface area contributed by atoms with Crippen molar-refractivity contribution in [1.82, 2.24) is 15.0 Å². The Hall–Kier alpha value is -2.23. The standard InChI is InChI=1S/C11H9N3O/c1-2-10-12-8-13-11(14-10)15-9-6-4-3-5-7-9/h2-8H,1H2. The molecule has 1 aromatic heterocycles. The van der Waals surface area contributed by atoms with Crippen LogP contribution in [0.4, 0.5) is 0 Å². The molecule has 0 radical (unpaired) electrons. The molecule has 0 fully saturated rings. The van der Waals surface area contributed by atoms with Crippen LogP contribution >= 0.6 is 0 Å². The molecule has 4 nitrogen and oxygen atoms in total. The molecule has 0 aliphatic heterocycles. The van der Waals surface area contributed by atoms with Gasteiger partial charge < -0.3 is 4.74 Å². The fourth-order valence-electron chi connectivity index (χ4n) is 1.03. The van der Waals surface area contributed by atoms with Gasteiger partial charge in [-0.15, -0.1) is 0 Å². The number of aromatic nitrogens is 3. The molecule has 2 rings (SSSR count). The molecule has 1 heterocycles. The lowest BCUT2D eigenvalue weighted by molar-refractivity contribution is 0.438. The number of benzene rings is 1. The summed E-state index contributed by atoms with van der Waals surface area (Å²) in [7, 11) is 0. The first-order valence-corrected chi connectivity index (χ1v) is 4.43. The molecule has 0 saturated carbocycles. The average molecular weight is 199 g/mol. The Morgan fingerprint density at radius 3 is 2.67 bits per heavy atom. The van der Waals surface area contributed by atoms with Crippen LogP contribution in [0.1, 0.15) is 5.82 Å². The van der Waals surface area contributed by atoms with E-state index in [1.807, 2.05) is 30.3 Å². The van der Waals surface area contributed by atoms with E-state index in [4.69, 9.17) is 4.74 Å². The van der Waals surface area contributed by atoms with Crippen molar-refractivity contribution < 1.29 is 4.74 Å². The van der Waals surface area contributed by atoms with E-state index in [0.717, 1.165) is 0 Å². The van der Waals surface area contributed by atoms with E-state index in [-0.39, 0.29) is 6.01 Å². The lowest BCUT2D eigenvalue weighted by Gasteiger charge is -2.02. The van der Waals surface area contributed by atoms with Crippen LogP contribution in [0, 0.1) is 0 Å². The first-order chi connectivity index (χ1) is 7.38. The van der Waals surface area contributed by atoms with Gasteiger partial charge in [0, 0.05) is 0 Å². The SMILES string of the molecule is C=Cc1ncnc(Oc2ccccc2)n1. The van der Waals surface area contributed by atoms with Gasteiger partial charge in [-0.3, -0.25) is 0 Å². The number of rotatable bonds is 3. The highest BCUT2D eigenvalue weighted by atomic mass is 16.5. The number of ether oxygens (including phenoxy) is 1. The maximum atomic E-state index is 5.41. The third kappa shape index (κ3) is 2.37.